The molecule has 86 valence electrons. The number of nitrogen functional groups attached to an aromatic ring is 1. The van der Waals surface area contributed by atoms with E-state index in [-0.39, 0.29) is 6.10 Å². The van der Waals surface area contributed by atoms with E-state index in [2.05, 4.69) is 6.07 Å². The lowest BCUT2D eigenvalue weighted by Gasteiger charge is -2.20. The smallest absolute Gasteiger partial charge is 0.101 e. The molecule has 16 heavy (non-hydrogen) atoms. The third kappa shape index (κ3) is 3.14. The van der Waals surface area contributed by atoms with Crippen LogP contribution in [0.2, 0.25) is 0 Å². The Kier molecular flexibility index (Phi) is 4.15. The summed E-state index contributed by atoms with van der Waals surface area (Å²) in [6, 6.07) is 7.42. The van der Waals surface area contributed by atoms with Crippen LogP contribution in [0.1, 0.15) is 18.9 Å². The highest BCUT2D eigenvalue weighted by atomic mass is 16.3. The summed E-state index contributed by atoms with van der Waals surface area (Å²) in [5, 5.41) is 18.0. The zero-order valence-corrected chi connectivity index (χ0v) is 9.64. The second-order valence-corrected chi connectivity index (χ2v) is 3.94. The Balaban J connectivity index is 2.77. The summed E-state index contributed by atoms with van der Waals surface area (Å²) in [6.45, 7) is 2.50. The van der Waals surface area contributed by atoms with Gasteiger partial charge in [-0.15, -0.1) is 0 Å². The van der Waals surface area contributed by atoms with E-state index in [0.29, 0.717) is 17.7 Å². The molecule has 0 saturated heterocycles. The number of nitrogens with two attached hydrogens (primary N) is 1. The molecule has 0 amide bonds. The van der Waals surface area contributed by atoms with Crippen molar-refractivity contribution in [1.29, 1.82) is 5.26 Å². The van der Waals surface area contributed by atoms with E-state index in [1.54, 1.807) is 19.1 Å². The van der Waals surface area contributed by atoms with Gasteiger partial charge in [0, 0.05) is 25.0 Å². The Labute approximate surface area is 95.9 Å². The van der Waals surface area contributed by atoms with Crippen LogP contribution in [-0.2, 0) is 0 Å². The lowest BCUT2D eigenvalue weighted by atomic mass is 10.1. The van der Waals surface area contributed by atoms with Gasteiger partial charge in [-0.3, -0.25) is 0 Å². The third-order valence-corrected chi connectivity index (χ3v) is 2.48. The number of benzene rings is 1. The van der Waals surface area contributed by atoms with Crippen molar-refractivity contribution in [1.82, 2.24) is 0 Å². The maximum absolute atomic E-state index is 9.19. The fourth-order valence-corrected chi connectivity index (χ4v) is 1.39. The van der Waals surface area contributed by atoms with Crippen LogP contribution in [-0.4, -0.2) is 24.8 Å². The van der Waals surface area contributed by atoms with Gasteiger partial charge >= 0.3 is 0 Å². The maximum Gasteiger partial charge on any atom is 0.101 e. The molecule has 4 heteroatoms. The second-order valence-electron chi connectivity index (χ2n) is 3.94. The van der Waals surface area contributed by atoms with E-state index < -0.39 is 0 Å². The third-order valence-electron chi connectivity index (χ3n) is 2.48. The molecule has 1 atom stereocenters. The number of hydrogen-bond donors (Lipinski definition) is 2. The summed E-state index contributed by atoms with van der Waals surface area (Å²) >= 11 is 0. The van der Waals surface area contributed by atoms with E-state index in [9.17, 15) is 5.11 Å². The molecule has 0 radical (unpaired) electrons. The first-order valence-electron chi connectivity index (χ1n) is 5.23. The van der Waals surface area contributed by atoms with Crippen molar-refractivity contribution in [2.75, 3.05) is 24.2 Å². The second kappa shape index (κ2) is 5.38. The summed E-state index contributed by atoms with van der Waals surface area (Å²) in [7, 11) is 1.93. The summed E-state index contributed by atoms with van der Waals surface area (Å²) < 4.78 is 0. The van der Waals surface area contributed by atoms with Crippen molar-refractivity contribution in [3.8, 4) is 6.07 Å². The molecule has 0 spiro atoms. The Morgan fingerprint density at radius 2 is 2.25 bits per heavy atom. The van der Waals surface area contributed by atoms with Gasteiger partial charge in [-0.2, -0.15) is 5.26 Å². The molecule has 1 aromatic rings. The first-order valence-corrected chi connectivity index (χ1v) is 5.23. The fraction of sp³-hybridized carbons (Fsp3) is 0.417. The number of nitriles is 1. The first-order chi connectivity index (χ1) is 7.54. The molecule has 0 saturated carbocycles. The Morgan fingerprint density at radius 1 is 1.56 bits per heavy atom. The van der Waals surface area contributed by atoms with Crippen molar-refractivity contribution in [2.24, 2.45) is 0 Å². The molecule has 0 aromatic heterocycles. The van der Waals surface area contributed by atoms with Gasteiger partial charge < -0.3 is 15.7 Å². The molecule has 1 unspecified atom stereocenters. The van der Waals surface area contributed by atoms with E-state index in [0.717, 1.165) is 12.2 Å². The topological polar surface area (TPSA) is 73.3 Å². The zero-order valence-electron chi connectivity index (χ0n) is 9.64. The van der Waals surface area contributed by atoms with Gasteiger partial charge in [0.05, 0.1) is 11.7 Å². The molecule has 3 N–H and O–H groups in total. The average Bonchev–Trinajstić information content (AvgIpc) is 2.26. The Hall–Kier alpha value is -1.73. The van der Waals surface area contributed by atoms with Crippen molar-refractivity contribution < 1.29 is 5.11 Å². The van der Waals surface area contributed by atoms with Crippen LogP contribution in [0.5, 0.6) is 0 Å². The fourth-order valence-electron chi connectivity index (χ4n) is 1.39. The van der Waals surface area contributed by atoms with Gasteiger partial charge in [0.2, 0.25) is 0 Å². The predicted octanol–water partition coefficient (Wildman–Crippen LogP) is 1.35. The van der Waals surface area contributed by atoms with Crippen LogP contribution < -0.4 is 10.6 Å². The lowest BCUT2D eigenvalue weighted by molar-refractivity contribution is 0.187. The van der Waals surface area contributed by atoms with Crippen molar-refractivity contribution in [2.45, 2.75) is 19.4 Å². The Morgan fingerprint density at radius 3 is 2.81 bits per heavy atom. The summed E-state index contributed by atoms with van der Waals surface area (Å²) in [5.74, 6) is 0. The zero-order chi connectivity index (χ0) is 12.1. The minimum atomic E-state index is -0.313. The quantitative estimate of drug-likeness (QED) is 0.750. The first kappa shape index (κ1) is 12.3. The van der Waals surface area contributed by atoms with E-state index in [4.69, 9.17) is 11.0 Å². The average molecular weight is 219 g/mol. The van der Waals surface area contributed by atoms with Gasteiger partial charge in [0.25, 0.3) is 0 Å². The van der Waals surface area contributed by atoms with Gasteiger partial charge in [0.1, 0.15) is 6.07 Å². The number of aliphatic hydroxyl groups is 1. The molecular weight excluding hydrogens is 202 g/mol. The molecule has 0 heterocycles. The van der Waals surface area contributed by atoms with E-state index in [1.807, 2.05) is 18.0 Å². The van der Waals surface area contributed by atoms with Gasteiger partial charge in [-0.1, -0.05) is 0 Å². The van der Waals surface area contributed by atoms with Crippen LogP contribution in [0.4, 0.5) is 11.4 Å². The molecule has 1 aromatic carbocycles. The number of aliphatic hydroxyl groups excluding tert-OH is 1. The number of hydrogen-bond acceptors (Lipinski definition) is 4. The minimum absolute atomic E-state index is 0.313. The molecule has 1 rings (SSSR count). The Bertz CT molecular complexity index is 396. The summed E-state index contributed by atoms with van der Waals surface area (Å²) in [6.07, 6.45) is 0.384. The highest BCUT2D eigenvalue weighted by Gasteiger charge is 2.05. The molecule has 0 bridgehead atoms. The van der Waals surface area contributed by atoms with Crippen LogP contribution >= 0.6 is 0 Å². The van der Waals surface area contributed by atoms with Gasteiger partial charge in [0.15, 0.2) is 0 Å². The van der Waals surface area contributed by atoms with Gasteiger partial charge in [-0.25, -0.2) is 0 Å². The van der Waals surface area contributed by atoms with Crippen molar-refractivity contribution >= 4 is 11.4 Å². The molecule has 0 aliphatic heterocycles. The number of rotatable bonds is 4. The molecular formula is C12H17N3O. The van der Waals surface area contributed by atoms with Crippen LogP contribution in [0.25, 0.3) is 0 Å². The normalized spacial score (nSPS) is 11.9. The number of nitrogens with zero attached hydrogens (tertiary/aromatic N) is 2. The SMILES string of the molecule is CC(O)CCN(C)c1ccc(N)c(C#N)c1. The lowest BCUT2D eigenvalue weighted by Crippen LogP contribution is -2.21. The highest BCUT2D eigenvalue weighted by molar-refractivity contribution is 5.62. The van der Waals surface area contributed by atoms with Crippen LogP contribution in [0.3, 0.4) is 0 Å². The van der Waals surface area contributed by atoms with E-state index >= 15 is 0 Å². The summed E-state index contributed by atoms with van der Waals surface area (Å²) in [5.41, 5.74) is 7.56. The number of anilines is 2. The van der Waals surface area contributed by atoms with Crippen molar-refractivity contribution in [3.05, 3.63) is 23.8 Å². The molecule has 0 aliphatic carbocycles. The van der Waals surface area contributed by atoms with Crippen LogP contribution in [0, 0.1) is 11.3 Å². The minimum Gasteiger partial charge on any atom is -0.398 e. The standard InChI is InChI=1S/C12H17N3O/c1-9(16)5-6-15(2)11-3-4-12(14)10(7-11)8-13/h3-4,7,9,16H,5-6,14H2,1-2H3. The maximum atomic E-state index is 9.19. The molecule has 4 nitrogen and oxygen atoms in total. The van der Waals surface area contributed by atoms with Crippen LogP contribution in [0.15, 0.2) is 18.2 Å². The van der Waals surface area contributed by atoms with Gasteiger partial charge in [-0.05, 0) is 31.5 Å². The monoisotopic (exact) mass is 219 g/mol. The van der Waals surface area contributed by atoms with E-state index in [1.165, 1.54) is 0 Å². The largest absolute Gasteiger partial charge is 0.398 e. The molecule has 0 aliphatic rings. The summed E-state index contributed by atoms with van der Waals surface area (Å²) in [4.78, 5) is 1.99. The van der Waals surface area contributed by atoms with Crippen molar-refractivity contribution in [3.63, 3.8) is 0 Å². The molecule has 0 fully saturated rings. The highest BCUT2D eigenvalue weighted by Crippen LogP contribution is 2.19. The predicted molar refractivity (Wildman–Crippen MR) is 65.1 cm³/mol.